The summed E-state index contributed by atoms with van der Waals surface area (Å²) in [6.45, 7) is 0.807. The van der Waals surface area contributed by atoms with Crippen molar-refractivity contribution in [1.29, 1.82) is 0 Å². The van der Waals surface area contributed by atoms with Crippen LogP contribution in [0.3, 0.4) is 0 Å². The molecule has 0 spiro atoms. The van der Waals surface area contributed by atoms with Crippen LogP contribution < -0.4 is 5.32 Å². The molecule has 1 heterocycles. The second kappa shape index (κ2) is 5.18. The number of hydrogen-bond donors (Lipinski definition) is 1. The number of nitrogens with one attached hydrogen (secondary N) is 1. The largest absolute Gasteiger partial charge is 0.443 e. The van der Waals surface area contributed by atoms with Gasteiger partial charge in [-0.3, -0.25) is 0 Å². The number of halogens is 3. The van der Waals surface area contributed by atoms with Crippen molar-refractivity contribution in [1.82, 2.24) is 10.3 Å². The zero-order valence-corrected chi connectivity index (χ0v) is 11.4. The molecule has 106 valence electrons. The van der Waals surface area contributed by atoms with E-state index in [1.807, 2.05) is 24.3 Å². The van der Waals surface area contributed by atoms with E-state index in [-0.39, 0.29) is 0 Å². The molecule has 0 saturated heterocycles. The quantitative estimate of drug-likeness (QED) is 0.920. The van der Waals surface area contributed by atoms with Crippen molar-refractivity contribution >= 4 is 11.3 Å². The van der Waals surface area contributed by atoms with Crippen molar-refractivity contribution in [2.75, 3.05) is 0 Å². The summed E-state index contributed by atoms with van der Waals surface area (Å²) in [6.07, 6.45) is -0.611. The molecule has 6 heteroatoms. The van der Waals surface area contributed by atoms with Gasteiger partial charge in [0.05, 0.1) is 4.88 Å². The zero-order valence-electron chi connectivity index (χ0n) is 10.6. The summed E-state index contributed by atoms with van der Waals surface area (Å²) in [7, 11) is 0. The molecule has 1 saturated carbocycles. The third kappa shape index (κ3) is 3.19. The summed E-state index contributed by atoms with van der Waals surface area (Å²) in [5.74, 6) is 0. The number of hydrogen-bond acceptors (Lipinski definition) is 3. The number of nitrogens with zero attached hydrogens (tertiary/aromatic N) is 1. The van der Waals surface area contributed by atoms with Gasteiger partial charge in [0.2, 0.25) is 0 Å². The molecular formula is C14H13F3N2S. The monoisotopic (exact) mass is 298 g/mol. The fraction of sp³-hybridized carbons (Fsp3) is 0.357. The van der Waals surface area contributed by atoms with E-state index in [1.165, 1.54) is 19.0 Å². The molecule has 1 aromatic carbocycles. The van der Waals surface area contributed by atoms with Crippen LogP contribution in [0.1, 0.15) is 23.4 Å². The third-order valence-electron chi connectivity index (χ3n) is 3.16. The molecule has 1 aliphatic carbocycles. The number of alkyl halides is 3. The first-order chi connectivity index (χ1) is 9.52. The van der Waals surface area contributed by atoms with Gasteiger partial charge in [0, 0.05) is 18.8 Å². The van der Waals surface area contributed by atoms with Crippen molar-refractivity contribution in [2.24, 2.45) is 0 Å². The van der Waals surface area contributed by atoms with Gasteiger partial charge in [0.25, 0.3) is 0 Å². The third-order valence-corrected chi connectivity index (χ3v) is 4.25. The second-order valence-corrected chi connectivity index (χ2v) is 5.91. The molecule has 2 aromatic rings. The Balaban J connectivity index is 1.71. The number of thiazole rings is 1. The van der Waals surface area contributed by atoms with Crippen LogP contribution >= 0.6 is 11.3 Å². The molecule has 0 bridgehead atoms. The maximum absolute atomic E-state index is 12.5. The lowest BCUT2D eigenvalue weighted by atomic mass is 10.1. The lowest BCUT2D eigenvalue weighted by Gasteiger charge is -2.04. The molecule has 0 amide bonds. The van der Waals surface area contributed by atoms with Gasteiger partial charge in [-0.2, -0.15) is 13.2 Å². The average molecular weight is 298 g/mol. The van der Waals surface area contributed by atoms with Crippen LogP contribution in [0.15, 0.2) is 30.5 Å². The molecule has 3 rings (SSSR count). The Morgan fingerprint density at radius 1 is 1.20 bits per heavy atom. The molecule has 0 unspecified atom stereocenters. The molecule has 2 nitrogen and oxygen atoms in total. The Bertz CT molecular complexity index is 585. The second-order valence-electron chi connectivity index (χ2n) is 4.88. The number of rotatable bonds is 4. The summed E-state index contributed by atoms with van der Waals surface area (Å²) < 4.78 is 37.5. The van der Waals surface area contributed by atoms with Gasteiger partial charge in [-0.25, -0.2) is 4.98 Å². The predicted octanol–water partition coefficient (Wildman–Crippen LogP) is 4.08. The molecule has 1 aromatic heterocycles. The van der Waals surface area contributed by atoms with E-state index in [0.29, 0.717) is 22.3 Å². The van der Waals surface area contributed by atoms with Crippen molar-refractivity contribution in [3.05, 3.63) is 41.0 Å². The molecule has 1 N–H and O–H groups in total. The Morgan fingerprint density at radius 2 is 1.90 bits per heavy atom. The van der Waals surface area contributed by atoms with E-state index in [9.17, 15) is 13.2 Å². The zero-order chi connectivity index (χ0) is 14.2. The Hall–Kier alpha value is -1.40. The first kappa shape index (κ1) is 13.6. The van der Waals surface area contributed by atoms with E-state index in [0.717, 1.165) is 17.7 Å². The first-order valence-corrected chi connectivity index (χ1v) is 7.20. The maximum Gasteiger partial charge on any atom is 0.443 e. The van der Waals surface area contributed by atoms with Gasteiger partial charge in [-0.15, -0.1) is 11.3 Å². The van der Waals surface area contributed by atoms with Crippen LogP contribution in [-0.4, -0.2) is 11.0 Å². The van der Waals surface area contributed by atoms with Gasteiger partial charge >= 0.3 is 6.18 Å². The lowest BCUT2D eigenvalue weighted by Crippen LogP contribution is -2.14. The van der Waals surface area contributed by atoms with E-state index < -0.39 is 11.2 Å². The van der Waals surface area contributed by atoms with Gasteiger partial charge < -0.3 is 5.32 Å². The van der Waals surface area contributed by atoms with E-state index in [1.54, 1.807) is 0 Å². The fourth-order valence-corrected chi connectivity index (χ4v) is 2.66. The van der Waals surface area contributed by atoms with Crippen LogP contribution in [0.25, 0.3) is 10.4 Å². The van der Waals surface area contributed by atoms with E-state index in [4.69, 9.17) is 0 Å². The highest BCUT2D eigenvalue weighted by molar-refractivity contribution is 7.15. The molecule has 0 atom stereocenters. The van der Waals surface area contributed by atoms with Gasteiger partial charge in [0.15, 0.2) is 5.01 Å². The highest BCUT2D eigenvalue weighted by Gasteiger charge is 2.34. The Morgan fingerprint density at radius 3 is 2.45 bits per heavy atom. The average Bonchev–Trinajstić information content (AvgIpc) is 3.09. The number of benzene rings is 1. The van der Waals surface area contributed by atoms with Crippen molar-refractivity contribution < 1.29 is 13.2 Å². The number of aromatic nitrogens is 1. The minimum atomic E-state index is -4.36. The highest BCUT2D eigenvalue weighted by atomic mass is 32.1. The first-order valence-electron chi connectivity index (χ1n) is 6.38. The standard InChI is InChI=1S/C14H13F3N2S/c15-14(16,17)13-19-8-12(20-13)10-3-1-9(2-4-10)7-18-11-5-6-11/h1-4,8,11,18H,5-7H2. The molecule has 20 heavy (non-hydrogen) atoms. The summed E-state index contributed by atoms with van der Waals surface area (Å²) in [5.41, 5.74) is 1.91. The summed E-state index contributed by atoms with van der Waals surface area (Å²) in [5, 5.41) is 2.60. The van der Waals surface area contributed by atoms with Crippen molar-refractivity contribution in [3.63, 3.8) is 0 Å². The van der Waals surface area contributed by atoms with Crippen LogP contribution in [0.2, 0.25) is 0 Å². The Labute approximate surface area is 118 Å². The van der Waals surface area contributed by atoms with E-state index in [2.05, 4.69) is 10.3 Å². The van der Waals surface area contributed by atoms with Crippen LogP contribution in [0.4, 0.5) is 13.2 Å². The fourth-order valence-electron chi connectivity index (χ4n) is 1.88. The SMILES string of the molecule is FC(F)(F)c1ncc(-c2ccc(CNC3CC3)cc2)s1. The van der Waals surface area contributed by atoms with Crippen molar-refractivity contribution in [2.45, 2.75) is 31.6 Å². The minimum absolute atomic E-state index is 0.541. The predicted molar refractivity (Wildman–Crippen MR) is 72.4 cm³/mol. The highest BCUT2D eigenvalue weighted by Crippen LogP contribution is 2.36. The van der Waals surface area contributed by atoms with Gasteiger partial charge in [-0.1, -0.05) is 24.3 Å². The molecule has 0 radical (unpaired) electrons. The topological polar surface area (TPSA) is 24.9 Å². The van der Waals surface area contributed by atoms with Crippen LogP contribution in [-0.2, 0) is 12.7 Å². The minimum Gasteiger partial charge on any atom is -0.310 e. The van der Waals surface area contributed by atoms with Gasteiger partial charge in [-0.05, 0) is 24.0 Å². The molecule has 1 aliphatic rings. The normalized spacial score (nSPS) is 15.6. The molecular weight excluding hydrogens is 285 g/mol. The van der Waals surface area contributed by atoms with Gasteiger partial charge in [0.1, 0.15) is 0 Å². The lowest BCUT2D eigenvalue weighted by molar-refractivity contribution is -0.137. The molecule has 0 aliphatic heterocycles. The summed E-state index contributed by atoms with van der Waals surface area (Å²) in [4.78, 5) is 3.98. The Kier molecular flexibility index (Phi) is 3.52. The smallest absolute Gasteiger partial charge is 0.310 e. The van der Waals surface area contributed by atoms with Crippen molar-refractivity contribution in [3.8, 4) is 10.4 Å². The van der Waals surface area contributed by atoms with E-state index >= 15 is 0 Å². The summed E-state index contributed by atoms with van der Waals surface area (Å²) >= 11 is 0.675. The maximum atomic E-state index is 12.5. The van der Waals surface area contributed by atoms with Crippen LogP contribution in [0.5, 0.6) is 0 Å². The molecule has 1 fully saturated rings. The van der Waals surface area contributed by atoms with Crippen LogP contribution in [0, 0.1) is 0 Å². The summed E-state index contributed by atoms with van der Waals surface area (Å²) in [6, 6.07) is 8.22.